The molecule has 0 amide bonds. The Labute approximate surface area is 296 Å². The van der Waals surface area contributed by atoms with Gasteiger partial charge in [0, 0.05) is 52.9 Å². The fourth-order valence-electron chi connectivity index (χ4n) is 2.04. The first-order valence-electron chi connectivity index (χ1n) is 10.9. The van der Waals surface area contributed by atoms with E-state index in [1.165, 1.54) is 51.4 Å². The molecule has 0 aromatic heterocycles. The SMILES string of the molecule is C1CCOC1.C1CCOC1.C1CCOC1.C1CCOC1.[N]#[Mo]([Cl])([Cl])[Cl].[N]#[Mo]([Cl])([Cl])[Cl].[N]#[Mo]([Cl])([Cl])[Cl].[N]#[Mo]([Cl])([Cl])[Cl]. The van der Waals surface area contributed by atoms with Gasteiger partial charge in [-0.3, -0.25) is 0 Å². The minimum absolute atomic E-state index is 1.00. The summed E-state index contributed by atoms with van der Waals surface area (Å²) in [5.74, 6) is 0. The number of hydrogen-bond acceptors (Lipinski definition) is 8. The van der Waals surface area contributed by atoms with Crippen molar-refractivity contribution in [3.63, 3.8) is 0 Å². The van der Waals surface area contributed by atoms with Gasteiger partial charge in [0.15, 0.2) is 0 Å². The summed E-state index contributed by atoms with van der Waals surface area (Å²) in [7, 11) is 57.7. The van der Waals surface area contributed by atoms with E-state index in [1.54, 1.807) is 0 Å². The van der Waals surface area contributed by atoms with Gasteiger partial charge in [0.25, 0.3) is 0 Å². The van der Waals surface area contributed by atoms with E-state index in [9.17, 15) is 0 Å². The standard InChI is InChI=1S/4C4H8O.12ClH.4Mo.4N/c4*1-2-4-5-3-1;;;;;;;;;;;;;;;;;;;;/h4*1-4H2;12*1H;;;;;;;;/q;;;;;;;;;;;;;;;;4*+3;;;;/p-12. The maximum atomic E-state index is 8.01. The quantitative estimate of drug-likeness (QED) is 0.219. The first-order chi connectivity index (χ1) is 18.0. The zero-order chi connectivity index (χ0) is 32.1. The molecule has 4 aliphatic heterocycles. The van der Waals surface area contributed by atoms with Gasteiger partial charge in [-0.15, -0.1) is 0 Å². The van der Waals surface area contributed by atoms with Crippen LogP contribution in [0.3, 0.4) is 0 Å². The first kappa shape index (κ1) is 51.7. The summed E-state index contributed by atoms with van der Waals surface area (Å²) < 4.78 is 51.8. The molecule has 0 N–H and O–H groups in total. The van der Waals surface area contributed by atoms with Crippen molar-refractivity contribution >= 4 is 113 Å². The van der Waals surface area contributed by atoms with Crippen molar-refractivity contribution in [2.45, 2.75) is 51.4 Å². The van der Waals surface area contributed by atoms with Crippen LogP contribution in [0.25, 0.3) is 0 Å². The van der Waals surface area contributed by atoms with Crippen LogP contribution in [0.1, 0.15) is 51.4 Å². The van der Waals surface area contributed by atoms with Gasteiger partial charge in [-0.1, -0.05) is 0 Å². The molecule has 0 radical (unpaired) electrons. The monoisotopic (exact) mass is 1160 g/mol. The van der Waals surface area contributed by atoms with Crippen LogP contribution < -0.4 is 0 Å². The van der Waals surface area contributed by atoms with Gasteiger partial charge in [-0.25, -0.2) is 0 Å². The third-order valence-corrected chi connectivity index (χ3v) is 3.31. The van der Waals surface area contributed by atoms with Crippen molar-refractivity contribution in [2.24, 2.45) is 0 Å². The fourth-order valence-corrected chi connectivity index (χ4v) is 2.04. The molecule has 4 heterocycles. The van der Waals surface area contributed by atoms with E-state index in [4.69, 9.17) is 147 Å². The van der Waals surface area contributed by atoms with Gasteiger partial charge in [0.1, 0.15) is 0 Å². The molecule has 4 fully saturated rings. The predicted molar refractivity (Wildman–Crippen MR) is 157 cm³/mol. The Balaban J connectivity index is -0.000000185. The Bertz CT molecular complexity index is 735. The third-order valence-electron chi connectivity index (χ3n) is 3.31. The summed E-state index contributed by atoms with van der Waals surface area (Å²) in [5.41, 5.74) is 0. The summed E-state index contributed by atoms with van der Waals surface area (Å²) in [6.45, 7) is 8.00. The maximum absolute atomic E-state index is 8.01. The Morgan fingerprint density at radius 2 is 0.350 bits per heavy atom. The molecule has 0 unspecified atom stereocenters. The summed E-state index contributed by atoms with van der Waals surface area (Å²) in [6, 6.07) is 0. The molecule has 0 aliphatic carbocycles. The van der Waals surface area contributed by atoms with Crippen LogP contribution in [-0.2, 0) is 69.2 Å². The number of ether oxygens (including phenoxy) is 4. The normalized spacial score (nSPS) is 17.8. The van der Waals surface area contributed by atoms with Gasteiger partial charge in [0.2, 0.25) is 0 Å². The number of rotatable bonds is 0. The zero-order valence-corrected chi connectivity index (χ0v) is 38.0. The van der Waals surface area contributed by atoms with Crippen molar-refractivity contribution < 1.29 is 69.2 Å². The van der Waals surface area contributed by atoms with Crippen LogP contribution in [-0.4, -0.2) is 52.9 Å². The van der Waals surface area contributed by atoms with Gasteiger partial charge < -0.3 is 18.9 Å². The van der Waals surface area contributed by atoms with Crippen LogP contribution in [0.15, 0.2) is 0 Å². The molecule has 0 bridgehead atoms. The first-order valence-corrected chi connectivity index (χ1v) is 45.5. The molecule has 8 nitrogen and oxygen atoms in total. The van der Waals surface area contributed by atoms with E-state index in [0.29, 0.717) is 0 Å². The second-order valence-electron chi connectivity index (χ2n) is 6.81. The molecule has 0 saturated carbocycles. The molecule has 248 valence electrons. The molecule has 0 aromatic rings. The molecule has 0 spiro atoms. The zero-order valence-electron chi connectivity index (χ0n) is 20.9. The Morgan fingerprint density at radius 1 is 0.275 bits per heavy atom. The Morgan fingerprint density at radius 3 is 0.375 bits per heavy atom. The summed E-state index contributed by atoms with van der Waals surface area (Å²) in [6.07, 6.45) is 10.2. The summed E-state index contributed by atoms with van der Waals surface area (Å²) >= 11 is -14.4. The predicted octanol–water partition coefficient (Wildman–Crippen LogP) is 11.5. The van der Waals surface area contributed by atoms with Crippen molar-refractivity contribution in [1.29, 1.82) is 14.9 Å². The van der Waals surface area contributed by atoms with Crippen LogP contribution in [0, 0.1) is 14.9 Å². The average molecular weight is 1150 g/mol. The van der Waals surface area contributed by atoms with E-state index >= 15 is 0 Å². The van der Waals surface area contributed by atoms with Gasteiger partial charge in [0.05, 0.1) is 0 Å². The number of halogens is 12. The van der Waals surface area contributed by atoms with Crippen molar-refractivity contribution in [1.82, 2.24) is 0 Å². The second kappa shape index (κ2) is 33.8. The van der Waals surface area contributed by atoms with E-state index < -0.39 is 50.3 Å². The Hall–Kier alpha value is 4.91. The molecule has 4 rings (SSSR count). The fraction of sp³-hybridized carbons (Fsp3) is 1.00. The van der Waals surface area contributed by atoms with Crippen LogP contribution >= 0.6 is 113 Å². The summed E-state index contributed by atoms with van der Waals surface area (Å²) in [4.78, 5) is 0. The van der Waals surface area contributed by atoms with Crippen LogP contribution in [0.5, 0.6) is 0 Å². The molecule has 0 atom stereocenters. The second-order valence-corrected chi connectivity index (χ2v) is 57.2. The van der Waals surface area contributed by atoms with Gasteiger partial charge in [-0.2, -0.15) is 0 Å². The molecule has 24 heteroatoms. The number of hydrogen-bond donors (Lipinski definition) is 0. The minimum atomic E-state index is -3.60. The van der Waals surface area contributed by atoms with E-state index in [-0.39, 0.29) is 0 Å². The molecule has 4 aliphatic rings. The molecular formula is C16H32Cl12Mo4N4O4. The van der Waals surface area contributed by atoms with Crippen LogP contribution in [0.4, 0.5) is 0 Å². The van der Waals surface area contributed by atoms with E-state index in [2.05, 4.69) is 0 Å². The van der Waals surface area contributed by atoms with Gasteiger partial charge >= 0.3 is 178 Å². The number of nitrogens with zero attached hydrogens (tertiary/aromatic N) is 4. The Kier molecular flexibility index (Phi) is 43.7. The van der Waals surface area contributed by atoms with Crippen molar-refractivity contribution in [3.05, 3.63) is 0 Å². The molecule has 0 aromatic carbocycles. The third kappa shape index (κ3) is 121. The van der Waals surface area contributed by atoms with E-state index in [0.717, 1.165) is 52.9 Å². The molecule has 40 heavy (non-hydrogen) atoms. The van der Waals surface area contributed by atoms with Gasteiger partial charge in [-0.05, 0) is 51.4 Å². The molecular weight excluding hydrogens is 1120 g/mol. The van der Waals surface area contributed by atoms with E-state index in [1.807, 2.05) is 0 Å². The van der Waals surface area contributed by atoms with Crippen molar-refractivity contribution in [2.75, 3.05) is 52.9 Å². The topological polar surface area (TPSA) is 132 Å². The summed E-state index contributed by atoms with van der Waals surface area (Å²) in [5, 5.41) is 0. The average Bonchev–Trinajstić information content (AvgIpc) is 3.59. The van der Waals surface area contributed by atoms with Crippen molar-refractivity contribution in [3.8, 4) is 0 Å². The molecule has 4 saturated heterocycles. The van der Waals surface area contributed by atoms with Crippen LogP contribution in [0.2, 0.25) is 0 Å².